The summed E-state index contributed by atoms with van der Waals surface area (Å²) < 4.78 is 24.7. The first-order valence-corrected chi connectivity index (χ1v) is 4.15. The number of hydrogen-bond donors (Lipinski definition) is 2. The van der Waals surface area contributed by atoms with Gasteiger partial charge in [0.1, 0.15) is 0 Å². The average Bonchev–Trinajstić information content (AvgIpc) is 1.89. The van der Waals surface area contributed by atoms with Gasteiger partial charge >= 0.3 is 41.4 Å². The quantitative estimate of drug-likeness (QED) is 0.338. The molecule has 11 heteroatoms. The van der Waals surface area contributed by atoms with Crippen LogP contribution in [0.5, 0.6) is 0 Å². The molecule has 0 heterocycles. The van der Waals surface area contributed by atoms with Crippen molar-refractivity contribution in [1.29, 1.82) is 0 Å². The van der Waals surface area contributed by atoms with E-state index in [9.17, 15) is 0 Å². The maximum atomic E-state index is 9.09. The van der Waals surface area contributed by atoms with E-state index in [1.807, 2.05) is 0 Å². The third kappa shape index (κ3) is 40.5. The summed E-state index contributed by atoms with van der Waals surface area (Å²) in [6.45, 7) is 0. The van der Waals surface area contributed by atoms with Gasteiger partial charge in [0, 0.05) is 0 Å². The second-order valence-electron chi connectivity index (χ2n) is 0.736. The molecule has 0 atom stereocenters. The van der Waals surface area contributed by atoms with Gasteiger partial charge in [-0.3, -0.25) is 0 Å². The Hall–Kier alpha value is -0.0800. The minimum Gasteiger partial charge on any atom is -0.513 e. The van der Waals surface area contributed by atoms with Crippen molar-refractivity contribution in [3.8, 4) is 0 Å². The Morgan fingerprint density at radius 3 is 1.09 bits per heavy atom. The van der Waals surface area contributed by atoms with Crippen LogP contribution in [0.25, 0.3) is 0 Å². The zero-order valence-corrected chi connectivity index (χ0v) is 8.73. The fourth-order valence-corrected chi connectivity index (χ4v) is 0. The van der Waals surface area contributed by atoms with Crippen molar-refractivity contribution >= 4 is 41.4 Å². The van der Waals surface area contributed by atoms with E-state index in [2.05, 4.69) is 20.8 Å². The van der Waals surface area contributed by atoms with E-state index in [1.165, 1.54) is 0 Å². The van der Waals surface area contributed by atoms with Crippen molar-refractivity contribution in [3.05, 3.63) is 0 Å². The van der Waals surface area contributed by atoms with Gasteiger partial charge in [-0.2, -0.15) is 0 Å². The van der Waals surface area contributed by atoms with Crippen molar-refractivity contribution in [1.82, 2.24) is 0 Å². The largest absolute Gasteiger partial charge is 2.00 e. The first kappa shape index (κ1) is 17.1. The molecule has 0 saturated carbocycles. The zero-order chi connectivity index (χ0) is 8.57. The molecule has 0 bridgehead atoms. The normalized spacial score (nSPS) is 6.00. The SMILES string of the molecule is NO[Si](=O)[O-].NO[Si](=O)[O-].[Mg+2]. The van der Waals surface area contributed by atoms with Gasteiger partial charge in [0.2, 0.25) is 0 Å². The van der Waals surface area contributed by atoms with E-state index in [1.54, 1.807) is 0 Å². The molecule has 0 unspecified atom stereocenters. The van der Waals surface area contributed by atoms with Crippen molar-refractivity contribution in [3.63, 3.8) is 0 Å². The average molecular weight is 209 g/mol. The molecule has 0 aliphatic heterocycles. The maximum absolute atomic E-state index is 9.09. The van der Waals surface area contributed by atoms with Crippen molar-refractivity contribution < 1.29 is 27.6 Å². The van der Waals surface area contributed by atoms with Gasteiger partial charge in [-0.1, -0.05) is 0 Å². The molecule has 11 heavy (non-hydrogen) atoms. The summed E-state index contributed by atoms with van der Waals surface area (Å²) in [7, 11) is -6.19. The zero-order valence-electron chi connectivity index (χ0n) is 5.31. The molecule has 60 valence electrons. The summed E-state index contributed by atoms with van der Waals surface area (Å²) in [6, 6.07) is 0. The van der Waals surface area contributed by atoms with Crippen LogP contribution in [0, 0.1) is 0 Å². The van der Waals surface area contributed by atoms with Gasteiger partial charge < -0.3 is 27.6 Å². The predicted molar refractivity (Wildman–Crippen MR) is 29.2 cm³/mol. The molecule has 0 aromatic rings. The van der Waals surface area contributed by atoms with Crippen LogP contribution in [0.3, 0.4) is 0 Å². The number of hydrogen-bond acceptors (Lipinski definition) is 8. The molecule has 4 N–H and O–H groups in total. The van der Waals surface area contributed by atoms with Crippen LogP contribution in [0.1, 0.15) is 0 Å². The molecular weight excluding hydrogens is 204 g/mol. The van der Waals surface area contributed by atoms with Crippen LogP contribution in [-0.2, 0) is 18.0 Å². The Labute approximate surface area is 81.0 Å². The summed E-state index contributed by atoms with van der Waals surface area (Å²) in [5.41, 5.74) is 0. The van der Waals surface area contributed by atoms with Crippen LogP contribution in [0.2, 0.25) is 0 Å². The van der Waals surface area contributed by atoms with Gasteiger partial charge in [-0.25, -0.2) is 11.8 Å². The van der Waals surface area contributed by atoms with Gasteiger partial charge in [0.25, 0.3) is 0 Å². The molecule has 8 nitrogen and oxygen atoms in total. The summed E-state index contributed by atoms with van der Waals surface area (Å²) in [5.74, 6) is 8.18. The molecule has 0 fully saturated rings. The monoisotopic (exact) mass is 208 g/mol. The van der Waals surface area contributed by atoms with E-state index in [4.69, 9.17) is 18.5 Å². The Balaban J connectivity index is -0.000000107. The minimum atomic E-state index is -3.10. The number of rotatable bonds is 2. The third-order valence-corrected chi connectivity index (χ3v) is 0.577. The molecule has 0 aliphatic carbocycles. The summed E-state index contributed by atoms with van der Waals surface area (Å²) in [5, 5.41) is 0. The molecule has 0 radical (unpaired) electrons. The molecule has 0 aromatic carbocycles. The number of nitrogens with two attached hydrogens (primary N) is 2. The summed E-state index contributed by atoms with van der Waals surface area (Å²) in [4.78, 5) is 18.2. The van der Waals surface area contributed by atoms with E-state index < -0.39 is 18.3 Å². The van der Waals surface area contributed by atoms with E-state index >= 15 is 0 Å². The van der Waals surface area contributed by atoms with Crippen molar-refractivity contribution in [2.45, 2.75) is 0 Å². The molecule has 0 rings (SSSR count). The molecule has 0 aliphatic rings. The van der Waals surface area contributed by atoms with Gasteiger partial charge in [-0.15, -0.1) is 0 Å². The predicted octanol–water partition coefficient (Wildman–Crippen LogP) is -5.08. The second kappa shape index (κ2) is 12.6. The first-order chi connectivity index (χ1) is 4.54. The van der Waals surface area contributed by atoms with E-state index in [0.717, 1.165) is 0 Å². The standard InChI is InChI=1S/Mg.2H2NO3Si/c;2*1-4-5(2)3/h;2*1H2/q+2;2*-1. The van der Waals surface area contributed by atoms with Crippen LogP contribution >= 0.6 is 0 Å². The van der Waals surface area contributed by atoms with Gasteiger partial charge in [0.15, 0.2) is 0 Å². The van der Waals surface area contributed by atoms with Crippen LogP contribution < -0.4 is 21.4 Å². The minimum absolute atomic E-state index is 0. The smallest absolute Gasteiger partial charge is 0.513 e. The Kier molecular flexibility index (Phi) is 19.6. The van der Waals surface area contributed by atoms with Gasteiger partial charge in [-0.05, 0) is 0 Å². The fourth-order valence-electron chi connectivity index (χ4n) is 0. The Morgan fingerprint density at radius 1 is 1.00 bits per heavy atom. The molecule has 0 spiro atoms. The van der Waals surface area contributed by atoms with E-state index in [-0.39, 0.29) is 23.1 Å². The summed E-state index contributed by atoms with van der Waals surface area (Å²) in [6.07, 6.45) is 0. The molecule has 0 aromatic heterocycles. The van der Waals surface area contributed by atoms with Crippen molar-refractivity contribution in [2.75, 3.05) is 0 Å². The maximum Gasteiger partial charge on any atom is 2.00 e. The molecule has 0 saturated heterocycles. The fraction of sp³-hybridized carbons (Fsp3) is 0. The first-order valence-electron chi connectivity index (χ1n) is 1.70. The van der Waals surface area contributed by atoms with Crippen LogP contribution in [0.15, 0.2) is 0 Å². The van der Waals surface area contributed by atoms with Crippen molar-refractivity contribution in [2.24, 2.45) is 11.8 Å². The topological polar surface area (TPSA) is 151 Å². The Bertz CT molecular complexity index is 103. The molecular formula is H4MgN2O6Si2. The van der Waals surface area contributed by atoms with Crippen LogP contribution in [-0.4, -0.2) is 41.4 Å². The van der Waals surface area contributed by atoms with Gasteiger partial charge in [0.05, 0.1) is 0 Å². The molecule has 0 amide bonds. The van der Waals surface area contributed by atoms with Crippen LogP contribution in [0.4, 0.5) is 0 Å². The Morgan fingerprint density at radius 2 is 1.09 bits per heavy atom. The third-order valence-electron chi connectivity index (χ3n) is 0.192. The van der Waals surface area contributed by atoms with E-state index in [0.29, 0.717) is 0 Å². The summed E-state index contributed by atoms with van der Waals surface area (Å²) >= 11 is 0. The second-order valence-corrected chi connectivity index (χ2v) is 2.21.